The van der Waals surface area contributed by atoms with Gasteiger partial charge in [0.2, 0.25) is 5.91 Å². The molecule has 0 radical (unpaired) electrons. The summed E-state index contributed by atoms with van der Waals surface area (Å²) in [6, 6.07) is -0.197. The molecular weight excluding hydrogens is 262 g/mol. The molecule has 1 heterocycles. The van der Waals surface area contributed by atoms with E-state index in [0.717, 1.165) is 25.7 Å². The van der Waals surface area contributed by atoms with Gasteiger partial charge in [0.25, 0.3) is 0 Å². The fraction of sp³-hybridized carbons (Fsp3) is 0.929. The molecule has 4 nitrogen and oxygen atoms in total. The molecule has 1 saturated carbocycles. The zero-order valence-electron chi connectivity index (χ0n) is 11.9. The van der Waals surface area contributed by atoms with Crippen molar-refractivity contribution in [1.29, 1.82) is 0 Å². The van der Waals surface area contributed by atoms with E-state index >= 15 is 0 Å². The molecule has 0 unspecified atom stereocenters. The first kappa shape index (κ1) is 14.8. The average Bonchev–Trinajstić information content (AvgIpc) is 2.57. The highest BCUT2D eigenvalue weighted by Crippen LogP contribution is 2.35. The van der Waals surface area contributed by atoms with E-state index in [1.54, 1.807) is 6.92 Å². The minimum absolute atomic E-state index is 0.0587. The molecule has 19 heavy (non-hydrogen) atoms. The zero-order chi connectivity index (χ0) is 14.1. The van der Waals surface area contributed by atoms with Gasteiger partial charge in [-0.2, -0.15) is 0 Å². The van der Waals surface area contributed by atoms with Crippen molar-refractivity contribution in [2.24, 2.45) is 5.41 Å². The van der Waals surface area contributed by atoms with Crippen LogP contribution in [0, 0.1) is 5.41 Å². The third-order valence-corrected chi connectivity index (χ3v) is 7.18. The Hall–Kier alpha value is -0.580. The highest BCUT2D eigenvalue weighted by molar-refractivity contribution is 7.92. The largest absolute Gasteiger partial charge is 0.352 e. The van der Waals surface area contributed by atoms with Crippen molar-refractivity contribution in [3.63, 3.8) is 0 Å². The topological polar surface area (TPSA) is 63.2 Å². The third kappa shape index (κ3) is 3.12. The van der Waals surface area contributed by atoms with Crippen LogP contribution in [0.5, 0.6) is 0 Å². The van der Waals surface area contributed by atoms with Crippen molar-refractivity contribution in [2.75, 3.05) is 5.75 Å². The van der Waals surface area contributed by atoms with E-state index in [1.165, 1.54) is 12.8 Å². The van der Waals surface area contributed by atoms with Gasteiger partial charge in [-0.1, -0.05) is 32.6 Å². The molecule has 2 aliphatic rings. The summed E-state index contributed by atoms with van der Waals surface area (Å²) in [4.78, 5) is 12.5. The molecule has 1 saturated heterocycles. The number of hydrogen-bond donors (Lipinski definition) is 1. The summed E-state index contributed by atoms with van der Waals surface area (Å²) in [5.74, 6) is 0.263. The van der Waals surface area contributed by atoms with Crippen LogP contribution in [-0.4, -0.2) is 31.4 Å². The van der Waals surface area contributed by atoms with Crippen LogP contribution >= 0.6 is 0 Å². The van der Waals surface area contributed by atoms with Crippen LogP contribution in [0.3, 0.4) is 0 Å². The minimum Gasteiger partial charge on any atom is -0.352 e. The lowest BCUT2D eigenvalue weighted by atomic mass is 9.81. The highest BCUT2D eigenvalue weighted by Gasteiger charge is 2.41. The molecule has 0 aromatic rings. The van der Waals surface area contributed by atoms with Gasteiger partial charge in [-0.15, -0.1) is 0 Å². The van der Waals surface area contributed by atoms with Crippen molar-refractivity contribution in [2.45, 2.75) is 70.1 Å². The summed E-state index contributed by atoms with van der Waals surface area (Å²) in [7, 11) is -2.99. The normalized spacial score (nSPS) is 33.6. The first-order valence-electron chi connectivity index (χ1n) is 7.38. The lowest BCUT2D eigenvalue weighted by Gasteiger charge is -2.29. The Morgan fingerprint density at radius 2 is 1.74 bits per heavy atom. The smallest absolute Gasteiger partial charge is 0.226 e. The van der Waals surface area contributed by atoms with E-state index in [0.29, 0.717) is 6.42 Å². The number of carbonyl (C=O) groups excluding carboxylic acids is 1. The van der Waals surface area contributed by atoms with Gasteiger partial charge in [0.1, 0.15) is 0 Å². The van der Waals surface area contributed by atoms with E-state index in [-0.39, 0.29) is 23.1 Å². The molecule has 0 bridgehead atoms. The molecule has 2 atom stereocenters. The molecule has 5 heteroatoms. The second-order valence-electron chi connectivity index (χ2n) is 6.42. The van der Waals surface area contributed by atoms with E-state index < -0.39 is 15.1 Å². The van der Waals surface area contributed by atoms with Gasteiger partial charge in [-0.25, -0.2) is 8.42 Å². The quantitative estimate of drug-likeness (QED) is 0.791. The van der Waals surface area contributed by atoms with Crippen molar-refractivity contribution >= 4 is 15.7 Å². The van der Waals surface area contributed by atoms with Gasteiger partial charge >= 0.3 is 0 Å². The molecule has 1 aliphatic heterocycles. The Morgan fingerprint density at radius 1 is 1.16 bits per heavy atom. The molecular formula is C14H25NO3S. The van der Waals surface area contributed by atoms with Crippen molar-refractivity contribution in [1.82, 2.24) is 5.32 Å². The summed E-state index contributed by atoms with van der Waals surface area (Å²) in [6.07, 6.45) is 7.02. The standard InChI is InChI=1S/C14H25NO3S/c1-11-12(7-10-19(11,17)18)15-13(16)14(2)8-5-3-4-6-9-14/h11-12H,3-10H2,1-2H3,(H,15,16)/t11-,12-/m0/s1. The van der Waals surface area contributed by atoms with Crippen LogP contribution in [0.15, 0.2) is 0 Å². The molecule has 1 amide bonds. The number of amides is 1. The number of nitrogens with one attached hydrogen (secondary N) is 1. The molecule has 2 rings (SSSR count). The maximum Gasteiger partial charge on any atom is 0.226 e. The first-order chi connectivity index (χ1) is 8.85. The van der Waals surface area contributed by atoms with Gasteiger partial charge in [0.05, 0.1) is 11.0 Å². The van der Waals surface area contributed by atoms with Crippen LogP contribution in [0.25, 0.3) is 0 Å². The number of hydrogen-bond acceptors (Lipinski definition) is 3. The summed E-state index contributed by atoms with van der Waals surface area (Å²) < 4.78 is 23.4. The maximum absolute atomic E-state index is 12.5. The fourth-order valence-electron chi connectivity index (χ4n) is 3.23. The third-order valence-electron chi connectivity index (χ3n) is 4.92. The highest BCUT2D eigenvalue weighted by atomic mass is 32.2. The number of carbonyl (C=O) groups is 1. The van der Waals surface area contributed by atoms with Gasteiger partial charge < -0.3 is 5.32 Å². The Morgan fingerprint density at radius 3 is 2.21 bits per heavy atom. The van der Waals surface area contributed by atoms with Gasteiger partial charge in [0.15, 0.2) is 9.84 Å². The van der Waals surface area contributed by atoms with E-state index in [2.05, 4.69) is 5.32 Å². The SMILES string of the molecule is C[C@H]1[C@@H](NC(=O)C2(C)CCCCCC2)CCS1(=O)=O. The first-order valence-corrected chi connectivity index (χ1v) is 9.09. The number of rotatable bonds is 2. The van der Waals surface area contributed by atoms with Crippen LogP contribution in [0.2, 0.25) is 0 Å². The van der Waals surface area contributed by atoms with E-state index in [9.17, 15) is 13.2 Å². The minimum atomic E-state index is -2.99. The van der Waals surface area contributed by atoms with Gasteiger partial charge in [-0.3, -0.25) is 4.79 Å². The zero-order valence-corrected chi connectivity index (χ0v) is 12.8. The molecule has 0 spiro atoms. The fourth-order valence-corrected chi connectivity index (χ4v) is 4.89. The van der Waals surface area contributed by atoms with Crippen molar-refractivity contribution in [3.05, 3.63) is 0 Å². The van der Waals surface area contributed by atoms with Crippen LogP contribution in [0.1, 0.15) is 58.8 Å². The van der Waals surface area contributed by atoms with Crippen LogP contribution < -0.4 is 5.32 Å². The Balaban J connectivity index is 2.01. The summed E-state index contributed by atoms with van der Waals surface area (Å²) in [6.45, 7) is 3.74. The monoisotopic (exact) mass is 287 g/mol. The Kier molecular flexibility index (Phi) is 4.23. The molecule has 1 N–H and O–H groups in total. The lowest BCUT2D eigenvalue weighted by molar-refractivity contribution is -0.131. The predicted molar refractivity (Wildman–Crippen MR) is 75.6 cm³/mol. The Labute approximate surface area is 116 Å². The van der Waals surface area contributed by atoms with Crippen molar-refractivity contribution in [3.8, 4) is 0 Å². The maximum atomic E-state index is 12.5. The molecule has 110 valence electrons. The van der Waals surface area contributed by atoms with Crippen LogP contribution in [-0.2, 0) is 14.6 Å². The lowest BCUT2D eigenvalue weighted by Crippen LogP contribution is -2.47. The van der Waals surface area contributed by atoms with Crippen LogP contribution in [0.4, 0.5) is 0 Å². The number of sulfone groups is 1. The van der Waals surface area contributed by atoms with Crippen molar-refractivity contribution < 1.29 is 13.2 Å². The molecule has 1 aliphatic carbocycles. The van der Waals surface area contributed by atoms with Gasteiger partial charge in [0, 0.05) is 11.5 Å². The summed E-state index contributed by atoms with van der Waals surface area (Å²) in [5.41, 5.74) is -0.303. The summed E-state index contributed by atoms with van der Waals surface area (Å²) >= 11 is 0. The second kappa shape index (κ2) is 5.43. The summed E-state index contributed by atoms with van der Waals surface area (Å²) in [5, 5.41) is 2.57. The van der Waals surface area contributed by atoms with E-state index in [1.807, 2.05) is 6.92 Å². The molecule has 0 aromatic heterocycles. The Bertz CT molecular complexity index is 436. The molecule has 2 fully saturated rings. The predicted octanol–water partition coefficient (Wildman–Crippen LogP) is 2.04. The molecule has 0 aromatic carbocycles. The van der Waals surface area contributed by atoms with Gasteiger partial charge in [-0.05, 0) is 26.2 Å². The second-order valence-corrected chi connectivity index (χ2v) is 8.89. The van der Waals surface area contributed by atoms with E-state index in [4.69, 9.17) is 0 Å². The average molecular weight is 287 g/mol.